The predicted octanol–water partition coefficient (Wildman–Crippen LogP) is 5.14. The van der Waals surface area contributed by atoms with E-state index in [-0.39, 0.29) is 5.41 Å². The maximum Gasteiger partial charge on any atom is 0.122 e. The van der Waals surface area contributed by atoms with Crippen molar-refractivity contribution >= 4 is 0 Å². The van der Waals surface area contributed by atoms with Crippen molar-refractivity contribution in [2.45, 2.75) is 53.4 Å². The van der Waals surface area contributed by atoms with Gasteiger partial charge in [0.2, 0.25) is 0 Å². The van der Waals surface area contributed by atoms with Crippen molar-refractivity contribution < 1.29 is 4.74 Å². The van der Waals surface area contributed by atoms with E-state index < -0.39 is 0 Å². The Morgan fingerprint density at radius 3 is 2.47 bits per heavy atom. The molecule has 1 atom stereocenters. The zero-order valence-corrected chi connectivity index (χ0v) is 13.3. The van der Waals surface area contributed by atoms with E-state index in [4.69, 9.17) is 4.74 Å². The highest BCUT2D eigenvalue weighted by Crippen LogP contribution is 2.29. The van der Waals surface area contributed by atoms with Gasteiger partial charge in [-0.1, -0.05) is 52.0 Å². The van der Waals surface area contributed by atoms with Gasteiger partial charge in [0.15, 0.2) is 0 Å². The minimum atomic E-state index is 0.184. The molecule has 106 valence electrons. The molecule has 0 N–H and O–H groups in total. The van der Waals surface area contributed by atoms with Gasteiger partial charge in [-0.2, -0.15) is 0 Å². The van der Waals surface area contributed by atoms with Crippen LogP contribution in [0.5, 0.6) is 5.75 Å². The SMILES string of the molecule is C/C=C\C(C)Cc1cc(C(C)(C)C)ccc1OCC. The molecule has 0 radical (unpaired) electrons. The van der Waals surface area contributed by atoms with Gasteiger partial charge in [0.05, 0.1) is 6.61 Å². The minimum Gasteiger partial charge on any atom is -0.494 e. The van der Waals surface area contributed by atoms with Crippen molar-refractivity contribution in [3.63, 3.8) is 0 Å². The summed E-state index contributed by atoms with van der Waals surface area (Å²) in [6.07, 6.45) is 5.40. The van der Waals surface area contributed by atoms with Crippen molar-refractivity contribution in [3.8, 4) is 5.75 Å². The Labute approximate surface area is 118 Å². The van der Waals surface area contributed by atoms with Crippen LogP contribution < -0.4 is 4.74 Å². The molecule has 0 aliphatic heterocycles. The molecule has 1 rings (SSSR count). The lowest BCUT2D eigenvalue weighted by Crippen LogP contribution is -2.12. The molecule has 0 saturated heterocycles. The zero-order valence-electron chi connectivity index (χ0n) is 13.3. The first-order valence-electron chi connectivity index (χ1n) is 7.27. The maximum atomic E-state index is 5.76. The van der Waals surface area contributed by atoms with Crippen LogP contribution >= 0.6 is 0 Å². The average molecular weight is 260 g/mol. The molecule has 1 unspecified atom stereocenters. The second-order valence-corrected chi connectivity index (χ2v) is 6.21. The summed E-state index contributed by atoms with van der Waals surface area (Å²) in [4.78, 5) is 0. The molecule has 0 bridgehead atoms. The Bertz CT molecular complexity index is 424. The molecule has 1 aromatic carbocycles. The third-order valence-corrected chi connectivity index (χ3v) is 3.29. The maximum absolute atomic E-state index is 5.76. The lowest BCUT2D eigenvalue weighted by molar-refractivity contribution is 0.335. The predicted molar refractivity (Wildman–Crippen MR) is 84.0 cm³/mol. The molecule has 0 aliphatic rings. The summed E-state index contributed by atoms with van der Waals surface area (Å²) in [7, 11) is 0. The number of hydrogen-bond donors (Lipinski definition) is 0. The van der Waals surface area contributed by atoms with E-state index in [1.165, 1.54) is 11.1 Å². The largest absolute Gasteiger partial charge is 0.494 e. The van der Waals surface area contributed by atoms with E-state index in [0.29, 0.717) is 5.92 Å². The quantitative estimate of drug-likeness (QED) is 0.666. The van der Waals surface area contributed by atoms with Crippen LogP contribution in [0, 0.1) is 5.92 Å². The van der Waals surface area contributed by atoms with Gasteiger partial charge < -0.3 is 4.74 Å². The number of ether oxygens (including phenoxy) is 1. The highest BCUT2D eigenvalue weighted by Gasteiger charge is 2.16. The molecule has 1 aromatic rings. The Morgan fingerprint density at radius 2 is 1.95 bits per heavy atom. The monoisotopic (exact) mass is 260 g/mol. The fourth-order valence-corrected chi connectivity index (χ4v) is 2.25. The Kier molecular flexibility index (Phi) is 5.65. The molecular formula is C18H28O. The topological polar surface area (TPSA) is 9.23 Å². The highest BCUT2D eigenvalue weighted by atomic mass is 16.5. The molecule has 0 heterocycles. The molecule has 19 heavy (non-hydrogen) atoms. The number of allylic oxidation sites excluding steroid dienone is 2. The molecule has 1 heteroatoms. The molecule has 0 aromatic heterocycles. The van der Waals surface area contributed by atoms with Crippen molar-refractivity contribution in [1.29, 1.82) is 0 Å². The fraction of sp³-hybridized carbons (Fsp3) is 0.556. The zero-order chi connectivity index (χ0) is 14.5. The van der Waals surface area contributed by atoms with Crippen LogP contribution in [0.3, 0.4) is 0 Å². The molecular weight excluding hydrogens is 232 g/mol. The smallest absolute Gasteiger partial charge is 0.122 e. The summed E-state index contributed by atoms with van der Waals surface area (Å²) in [6.45, 7) is 13.8. The van der Waals surface area contributed by atoms with E-state index in [1.54, 1.807) is 0 Å². The van der Waals surface area contributed by atoms with Crippen LogP contribution in [-0.4, -0.2) is 6.61 Å². The third-order valence-electron chi connectivity index (χ3n) is 3.29. The summed E-state index contributed by atoms with van der Waals surface area (Å²) < 4.78 is 5.76. The van der Waals surface area contributed by atoms with Gasteiger partial charge >= 0.3 is 0 Å². The second kappa shape index (κ2) is 6.79. The van der Waals surface area contributed by atoms with Gasteiger partial charge in [0, 0.05) is 0 Å². The Hall–Kier alpha value is -1.24. The summed E-state index contributed by atoms with van der Waals surface area (Å²) in [5.74, 6) is 1.58. The molecule has 0 amide bonds. The lowest BCUT2D eigenvalue weighted by Gasteiger charge is -2.22. The van der Waals surface area contributed by atoms with Crippen LogP contribution in [0.25, 0.3) is 0 Å². The number of benzene rings is 1. The van der Waals surface area contributed by atoms with Crippen LogP contribution in [0.2, 0.25) is 0 Å². The molecule has 0 aliphatic carbocycles. The van der Waals surface area contributed by atoms with E-state index in [9.17, 15) is 0 Å². The van der Waals surface area contributed by atoms with Crippen LogP contribution in [0.4, 0.5) is 0 Å². The minimum absolute atomic E-state index is 0.184. The highest BCUT2D eigenvalue weighted by molar-refractivity contribution is 5.40. The van der Waals surface area contributed by atoms with Crippen molar-refractivity contribution in [3.05, 3.63) is 41.5 Å². The molecule has 1 nitrogen and oxygen atoms in total. The van der Waals surface area contributed by atoms with Crippen LogP contribution in [0.15, 0.2) is 30.4 Å². The van der Waals surface area contributed by atoms with Crippen molar-refractivity contribution in [2.24, 2.45) is 5.92 Å². The van der Waals surface area contributed by atoms with E-state index in [0.717, 1.165) is 18.8 Å². The first kappa shape index (κ1) is 15.8. The Morgan fingerprint density at radius 1 is 1.26 bits per heavy atom. The standard InChI is InChI=1S/C18H28O/c1-7-9-14(3)12-15-13-16(18(4,5)6)10-11-17(15)19-8-2/h7,9-11,13-14H,8,12H2,1-6H3/b9-7-. The van der Waals surface area contributed by atoms with Gasteiger partial charge in [-0.05, 0) is 48.8 Å². The van der Waals surface area contributed by atoms with Gasteiger partial charge in [0.25, 0.3) is 0 Å². The summed E-state index contributed by atoms with van der Waals surface area (Å²) in [6, 6.07) is 6.63. The van der Waals surface area contributed by atoms with E-state index in [2.05, 4.69) is 65.0 Å². The van der Waals surface area contributed by atoms with Gasteiger partial charge in [-0.3, -0.25) is 0 Å². The Balaban J connectivity index is 3.08. The van der Waals surface area contributed by atoms with Gasteiger partial charge in [-0.15, -0.1) is 0 Å². The van der Waals surface area contributed by atoms with E-state index >= 15 is 0 Å². The molecule has 0 fully saturated rings. The average Bonchev–Trinajstić information content (AvgIpc) is 2.30. The van der Waals surface area contributed by atoms with Crippen molar-refractivity contribution in [1.82, 2.24) is 0 Å². The van der Waals surface area contributed by atoms with Gasteiger partial charge in [-0.25, -0.2) is 0 Å². The molecule has 0 saturated carbocycles. The van der Waals surface area contributed by atoms with Crippen LogP contribution in [0.1, 0.15) is 52.7 Å². The van der Waals surface area contributed by atoms with Crippen molar-refractivity contribution in [2.75, 3.05) is 6.61 Å². The van der Waals surface area contributed by atoms with Gasteiger partial charge in [0.1, 0.15) is 5.75 Å². The lowest BCUT2D eigenvalue weighted by atomic mass is 9.85. The third kappa shape index (κ3) is 4.74. The fourth-order valence-electron chi connectivity index (χ4n) is 2.25. The first-order chi connectivity index (χ1) is 8.88. The summed E-state index contributed by atoms with van der Waals surface area (Å²) in [5.41, 5.74) is 2.88. The molecule has 0 spiro atoms. The van der Waals surface area contributed by atoms with Crippen LogP contribution in [-0.2, 0) is 11.8 Å². The number of hydrogen-bond acceptors (Lipinski definition) is 1. The number of rotatable bonds is 5. The van der Waals surface area contributed by atoms with E-state index in [1.807, 2.05) is 6.92 Å². The first-order valence-corrected chi connectivity index (χ1v) is 7.27. The normalized spacial score (nSPS) is 13.8. The summed E-state index contributed by atoms with van der Waals surface area (Å²) in [5, 5.41) is 0. The second-order valence-electron chi connectivity index (χ2n) is 6.21. The summed E-state index contributed by atoms with van der Waals surface area (Å²) >= 11 is 0.